The van der Waals surface area contributed by atoms with Crippen LogP contribution in [0.25, 0.3) is 0 Å². The topological polar surface area (TPSA) is 40.5 Å². The van der Waals surface area contributed by atoms with Crippen molar-refractivity contribution in [2.24, 2.45) is 17.8 Å². The second kappa shape index (κ2) is 6.04. The molecule has 0 radical (unpaired) electrons. The fraction of sp³-hybridized carbons (Fsp3) is 0.632. The van der Waals surface area contributed by atoms with Crippen molar-refractivity contribution in [3.8, 4) is 0 Å². The highest BCUT2D eigenvalue weighted by Crippen LogP contribution is 2.49. The number of carboxylic acid groups (broad SMARTS) is 1. The first-order chi connectivity index (χ1) is 10.5. The summed E-state index contributed by atoms with van der Waals surface area (Å²) in [5.74, 6) is 0.270. The van der Waals surface area contributed by atoms with Gasteiger partial charge in [-0.15, -0.1) is 0 Å². The van der Waals surface area contributed by atoms with Gasteiger partial charge in [0.15, 0.2) is 0 Å². The molecule has 0 heterocycles. The molecule has 0 aliphatic heterocycles. The Balaban J connectivity index is 1.76. The number of hydrogen-bond acceptors (Lipinski definition) is 2. The van der Waals surface area contributed by atoms with E-state index in [1.165, 1.54) is 29.5 Å². The normalized spacial score (nSPS) is 30.7. The molecular weight excluding hydrogens is 274 g/mol. The SMILES string of the molecule is Cc1ccc(CN(C)C2CC3CCCC3[C@H]2C(=O)O)c(C)c1. The van der Waals surface area contributed by atoms with Crippen molar-refractivity contribution in [3.63, 3.8) is 0 Å². The molecule has 0 amide bonds. The standard InChI is InChI=1S/C19H27NO2/c1-12-7-8-15(13(2)9-12)11-20(3)17-10-14-5-4-6-16(14)18(17)19(21)22/h7-9,14,16-18H,4-6,10-11H2,1-3H3,(H,21,22)/t14?,16?,17?,18-/m1/s1. The fourth-order valence-corrected chi connectivity index (χ4v) is 4.78. The largest absolute Gasteiger partial charge is 0.481 e. The van der Waals surface area contributed by atoms with E-state index < -0.39 is 5.97 Å². The van der Waals surface area contributed by atoms with E-state index in [9.17, 15) is 9.90 Å². The quantitative estimate of drug-likeness (QED) is 0.923. The Bertz CT molecular complexity index is 569. The maximum atomic E-state index is 11.8. The number of benzene rings is 1. The summed E-state index contributed by atoms with van der Waals surface area (Å²) in [6.07, 6.45) is 4.60. The van der Waals surface area contributed by atoms with E-state index in [0.717, 1.165) is 19.4 Å². The van der Waals surface area contributed by atoms with Crippen molar-refractivity contribution in [3.05, 3.63) is 34.9 Å². The van der Waals surface area contributed by atoms with E-state index in [4.69, 9.17) is 0 Å². The van der Waals surface area contributed by atoms with Crippen LogP contribution in [-0.4, -0.2) is 29.1 Å². The molecule has 0 aromatic heterocycles. The summed E-state index contributed by atoms with van der Waals surface area (Å²) in [7, 11) is 2.10. The smallest absolute Gasteiger partial charge is 0.308 e. The molecule has 3 nitrogen and oxygen atoms in total. The average molecular weight is 301 g/mol. The molecule has 2 aliphatic rings. The Morgan fingerprint density at radius 3 is 2.77 bits per heavy atom. The van der Waals surface area contributed by atoms with Gasteiger partial charge in [0.2, 0.25) is 0 Å². The van der Waals surface area contributed by atoms with Gasteiger partial charge < -0.3 is 5.11 Å². The van der Waals surface area contributed by atoms with Crippen LogP contribution in [0.5, 0.6) is 0 Å². The molecule has 3 heteroatoms. The van der Waals surface area contributed by atoms with E-state index in [2.05, 4.69) is 44.0 Å². The number of aryl methyl sites for hydroxylation is 2. The van der Waals surface area contributed by atoms with Crippen LogP contribution < -0.4 is 0 Å². The van der Waals surface area contributed by atoms with E-state index in [1.807, 2.05) is 0 Å². The molecule has 2 aliphatic carbocycles. The third kappa shape index (κ3) is 2.79. The highest BCUT2D eigenvalue weighted by Gasteiger charge is 2.50. The maximum Gasteiger partial charge on any atom is 0.308 e. The van der Waals surface area contributed by atoms with Crippen LogP contribution in [0.1, 0.15) is 42.4 Å². The molecule has 0 bridgehead atoms. The van der Waals surface area contributed by atoms with Gasteiger partial charge in [0.25, 0.3) is 0 Å². The molecule has 1 aromatic carbocycles. The number of hydrogen-bond donors (Lipinski definition) is 1. The van der Waals surface area contributed by atoms with Crippen LogP contribution in [0.4, 0.5) is 0 Å². The van der Waals surface area contributed by atoms with Gasteiger partial charge in [-0.25, -0.2) is 0 Å². The summed E-state index contributed by atoms with van der Waals surface area (Å²) in [5, 5.41) is 9.71. The number of aliphatic carboxylic acids is 1. The Morgan fingerprint density at radius 2 is 2.09 bits per heavy atom. The average Bonchev–Trinajstić information content (AvgIpc) is 3.01. The number of fused-ring (bicyclic) bond motifs is 1. The van der Waals surface area contributed by atoms with Crippen LogP contribution in [0.3, 0.4) is 0 Å². The molecule has 22 heavy (non-hydrogen) atoms. The summed E-state index contributed by atoms with van der Waals surface area (Å²) >= 11 is 0. The van der Waals surface area contributed by atoms with Gasteiger partial charge in [0.1, 0.15) is 0 Å². The summed E-state index contributed by atoms with van der Waals surface area (Å²) in [6.45, 7) is 5.10. The van der Waals surface area contributed by atoms with Gasteiger partial charge in [-0.05, 0) is 56.7 Å². The van der Waals surface area contributed by atoms with Crippen molar-refractivity contribution in [2.75, 3.05) is 7.05 Å². The Labute approximate surface area is 133 Å². The zero-order valence-corrected chi connectivity index (χ0v) is 13.9. The molecular formula is C19H27NO2. The van der Waals surface area contributed by atoms with Crippen molar-refractivity contribution < 1.29 is 9.90 Å². The minimum atomic E-state index is -0.591. The highest BCUT2D eigenvalue weighted by molar-refractivity contribution is 5.72. The lowest BCUT2D eigenvalue weighted by Crippen LogP contribution is -2.39. The van der Waals surface area contributed by atoms with Gasteiger partial charge in [-0.3, -0.25) is 9.69 Å². The molecule has 4 atom stereocenters. The predicted octanol–water partition coefficient (Wildman–Crippen LogP) is 3.62. The summed E-state index contributed by atoms with van der Waals surface area (Å²) < 4.78 is 0. The predicted molar refractivity (Wildman–Crippen MR) is 87.7 cm³/mol. The number of nitrogens with zero attached hydrogens (tertiary/aromatic N) is 1. The van der Waals surface area contributed by atoms with Gasteiger partial charge >= 0.3 is 5.97 Å². The Hall–Kier alpha value is -1.35. The van der Waals surface area contributed by atoms with Gasteiger partial charge in [-0.2, -0.15) is 0 Å². The summed E-state index contributed by atoms with van der Waals surface area (Å²) in [4.78, 5) is 14.1. The molecule has 2 fully saturated rings. The third-order valence-corrected chi connectivity index (χ3v) is 5.91. The molecule has 0 spiro atoms. The number of carbonyl (C=O) groups is 1. The van der Waals surface area contributed by atoms with Gasteiger partial charge in [0.05, 0.1) is 5.92 Å². The zero-order valence-electron chi connectivity index (χ0n) is 13.9. The number of rotatable bonds is 4. The monoisotopic (exact) mass is 301 g/mol. The molecule has 2 saturated carbocycles. The van der Waals surface area contributed by atoms with Crippen molar-refractivity contribution >= 4 is 5.97 Å². The van der Waals surface area contributed by atoms with Crippen LogP contribution in [0, 0.1) is 31.6 Å². The van der Waals surface area contributed by atoms with Crippen LogP contribution in [-0.2, 0) is 11.3 Å². The Kier molecular flexibility index (Phi) is 4.26. The van der Waals surface area contributed by atoms with Crippen LogP contribution in [0.15, 0.2) is 18.2 Å². The van der Waals surface area contributed by atoms with Crippen molar-refractivity contribution in [1.82, 2.24) is 4.90 Å². The lowest BCUT2D eigenvalue weighted by molar-refractivity contribution is -0.145. The lowest BCUT2D eigenvalue weighted by atomic mass is 9.90. The molecule has 0 saturated heterocycles. The minimum Gasteiger partial charge on any atom is -0.481 e. The highest BCUT2D eigenvalue weighted by atomic mass is 16.4. The fourth-order valence-electron chi connectivity index (χ4n) is 4.78. The molecule has 1 N–H and O–H groups in total. The second-order valence-corrected chi connectivity index (χ2v) is 7.37. The Morgan fingerprint density at radius 1 is 1.32 bits per heavy atom. The lowest BCUT2D eigenvalue weighted by Gasteiger charge is -2.30. The number of carboxylic acids is 1. The van der Waals surface area contributed by atoms with E-state index >= 15 is 0 Å². The minimum absolute atomic E-state index is 0.178. The van der Waals surface area contributed by atoms with Crippen LogP contribution >= 0.6 is 0 Å². The molecule has 1 aromatic rings. The first kappa shape index (κ1) is 15.5. The van der Waals surface area contributed by atoms with Crippen LogP contribution in [0.2, 0.25) is 0 Å². The summed E-state index contributed by atoms with van der Waals surface area (Å²) in [6, 6.07) is 6.73. The second-order valence-electron chi connectivity index (χ2n) is 7.37. The van der Waals surface area contributed by atoms with E-state index in [0.29, 0.717) is 11.8 Å². The van der Waals surface area contributed by atoms with Gasteiger partial charge in [-0.1, -0.05) is 36.6 Å². The molecule has 3 rings (SSSR count). The van der Waals surface area contributed by atoms with Gasteiger partial charge in [0, 0.05) is 12.6 Å². The summed E-state index contributed by atoms with van der Waals surface area (Å²) in [5.41, 5.74) is 3.90. The molecule has 3 unspecified atom stereocenters. The molecule has 120 valence electrons. The maximum absolute atomic E-state index is 11.8. The first-order valence-electron chi connectivity index (χ1n) is 8.46. The zero-order chi connectivity index (χ0) is 15.9. The van der Waals surface area contributed by atoms with Crippen molar-refractivity contribution in [1.29, 1.82) is 0 Å². The first-order valence-corrected chi connectivity index (χ1v) is 8.46. The van der Waals surface area contributed by atoms with E-state index in [1.54, 1.807) is 0 Å². The van der Waals surface area contributed by atoms with Crippen molar-refractivity contribution in [2.45, 2.75) is 52.1 Å². The van der Waals surface area contributed by atoms with E-state index in [-0.39, 0.29) is 12.0 Å². The third-order valence-electron chi connectivity index (χ3n) is 5.91.